The molecule has 4 aromatic rings. The van der Waals surface area contributed by atoms with E-state index in [4.69, 9.17) is 0 Å². The topological polar surface area (TPSA) is 84.6 Å². The number of phenols is 1. The van der Waals surface area contributed by atoms with E-state index in [9.17, 15) is 14.7 Å². The zero-order valence-corrected chi connectivity index (χ0v) is 14.3. The number of fused-ring (bicyclic) bond motifs is 1. The Morgan fingerprint density at radius 2 is 1.77 bits per heavy atom. The molecule has 1 N–H and O–H groups in total. The van der Waals surface area contributed by atoms with E-state index in [2.05, 4.69) is 10.1 Å². The fourth-order valence-electron chi connectivity index (χ4n) is 2.59. The summed E-state index contributed by atoms with van der Waals surface area (Å²) in [5.41, 5.74) is 0.850. The Bertz CT molecular complexity index is 1260. The van der Waals surface area contributed by atoms with E-state index in [-0.39, 0.29) is 22.0 Å². The molecule has 0 atom stereocenters. The Labute approximate surface area is 151 Å². The van der Waals surface area contributed by atoms with Crippen LogP contribution in [0.4, 0.5) is 0 Å². The maximum atomic E-state index is 12.6. The van der Waals surface area contributed by atoms with Crippen LogP contribution < -0.4 is 15.7 Å². The molecular formula is C19H13N3O3S. The van der Waals surface area contributed by atoms with Crippen LogP contribution in [0.2, 0.25) is 0 Å². The number of hydrogen-bond donors (Lipinski definition) is 1. The van der Waals surface area contributed by atoms with Crippen molar-refractivity contribution in [1.82, 2.24) is 14.6 Å². The fourth-order valence-corrected chi connectivity index (χ4v) is 3.49. The molecule has 0 aliphatic rings. The third-order valence-corrected chi connectivity index (χ3v) is 4.85. The standard InChI is InChI=1S/C19H13N3O3S/c23-15-9-5-4-8-13(15)11-16-18(25)22-19(26-16)20-17(24)14(21-22)10-12-6-2-1-3-7-12/h1-9,11,23H,10H2. The van der Waals surface area contributed by atoms with Crippen LogP contribution in [0.5, 0.6) is 5.75 Å². The lowest BCUT2D eigenvalue weighted by Crippen LogP contribution is -2.28. The molecule has 0 saturated carbocycles. The monoisotopic (exact) mass is 363 g/mol. The number of benzene rings is 2. The van der Waals surface area contributed by atoms with Gasteiger partial charge in [-0.2, -0.15) is 14.6 Å². The van der Waals surface area contributed by atoms with Gasteiger partial charge in [-0.05, 0) is 17.7 Å². The molecule has 0 saturated heterocycles. The smallest absolute Gasteiger partial charge is 0.296 e. The molecule has 0 unspecified atom stereocenters. The molecule has 2 aromatic heterocycles. The second-order valence-electron chi connectivity index (χ2n) is 5.70. The lowest BCUT2D eigenvalue weighted by atomic mass is 10.1. The molecule has 0 bridgehead atoms. The Balaban J connectivity index is 1.85. The van der Waals surface area contributed by atoms with Crippen molar-refractivity contribution in [1.29, 1.82) is 0 Å². The van der Waals surface area contributed by atoms with Crippen molar-refractivity contribution in [2.75, 3.05) is 0 Å². The first-order valence-electron chi connectivity index (χ1n) is 7.88. The number of aromatic hydroxyl groups is 1. The molecule has 0 aliphatic carbocycles. The van der Waals surface area contributed by atoms with Crippen molar-refractivity contribution in [3.63, 3.8) is 0 Å². The van der Waals surface area contributed by atoms with Gasteiger partial charge in [-0.3, -0.25) is 9.59 Å². The molecule has 0 spiro atoms. The van der Waals surface area contributed by atoms with E-state index in [0.29, 0.717) is 16.5 Å². The Hall–Kier alpha value is -3.32. The Kier molecular flexibility index (Phi) is 4.06. The second kappa shape index (κ2) is 6.53. The van der Waals surface area contributed by atoms with Crippen molar-refractivity contribution in [2.24, 2.45) is 0 Å². The highest BCUT2D eigenvalue weighted by molar-refractivity contribution is 7.15. The van der Waals surface area contributed by atoms with Gasteiger partial charge in [0.05, 0.1) is 4.53 Å². The number of nitrogens with zero attached hydrogens (tertiary/aromatic N) is 3. The third kappa shape index (κ3) is 3.00. The lowest BCUT2D eigenvalue weighted by molar-refractivity contribution is 0.474. The minimum atomic E-state index is -0.441. The average Bonchev–Trinajstić information content (AvgIpc) is 2.93. The molecule has 0 aliphatic heterocycles. The number of rotatable bonds is 3. The Morgan fingerprint density at radius 1 is 1.04 bits per heavy atom. The van der Waals surface area contributed by atoms with Crippen molar-refractivity contribution >= 4 is 22.4 Å². The van der Waals surface area contributed by atoms with Crippen molar-refractivity contribution in [3.8, 4) is 5.75 Å². The zero-order valence-electron chi connectivity index (χ0n) is 13.5. The quantitative estimate of drug-likeness (QED) is 0.594. The summed E-state index contributed by atoms with van der Waals surface area (Å²) in [6, 6.07) is 16.1. The van der Waals surface area contributed by atoms with Gasteiger partial charge in [0.25, 0.3) is 11.1 Å². The summed E-state index contributed by atoms with van der Waals surface area (Å²) in [5, 5.41) is 14.1. The lowest BCUT2D eigenvalue weighted by Gasteiger charge is -1.99. The number of phenolic OH excluding ortho intramolecular Hbond substituents is 1. The fraction of sp³-hybridized carbons (Fsp3) is 0.0526. The summed E-state index contributed by atoms with van der Waals surface area (Å²) in [7, 11) is 0. The molecule has 2 heterocycles. The van der Waals surface area contributed by atoms with Crippen LogP contribution in [0, 0.1) is 0 Å². The summed E-state index contributed by atoms with van der Waals surface area (Å²) in [6.45, 7) is 0. The van der Waals surface area contributed by atoms with Crippen LogP contribution >= 0.6 is 11.3 Å². The van der Waals surface area contributed by atoms with E-state index < -0.39 is 5.56 Å². The van der Waals surface area contributed by atoms with Gasteiger partial charge >= 0.3 is 0 Å². The minimum Gasteiger partial charge on any atom is -0.507 e. The molecule has 0 amide bonds. The third-order valence-electron chi connectivity index (χ3n) is 3.89. The van der Waals surface area contributed by atoms with Crippen molar-refractivity contribution < 1.29 is 5.11 Å². The van der Waals surface area contributed by atoms with E-state index in [0.717, 1.165) is 21.4 Å². The van der Waals surface area contributed by atoms with Gasteiger partial charge in [-0.1, -0.05) is 59.9 Å². The SMILES string of the molecule is O=c1nc2sc(=Cc3ccccc3O)c(=O)n2nc1Cc1ccccc1. The predicted octanol–water partition coefficient (Wildman–Crippen LogP) is 1.36. The molecule has 0 radical (unpaired) electrons. The van der Waals surface area contributed by atoms with Crippen LogP contribution in [-0.4, -0.2) is 19.7 Å². The molecule has 6 nitrogen and oxygen atoms in total. The van der Waals surface area contributed by atoms with Crippen LogP contribution in [0.15, 0.2) is 64.2 Å². The molecule has 26 heavy (non-hydrogen) atoms. The van der Waals surface area contributed by atoms with Crippen LogP contribution in [-0.2, 0) is 6.42 Å². The minimum absolute atomic E-state index is 0.0737. The number of para-hydroxylation sites is 1. The highest BCUT2D eigenvalue weighted by Gasteiger charge is 2.12. The summed E-state index contributed by atoms with van der Waals surface area (Å²) >= 11 is 1.07. The highest BCUT2D eigenvalue weighted by atomic mass is 32.1. The largest absolute Gasteiger partial charge is 0.507 e. The van der Waals surface area contributed by atoms with Gasteiger partial charge in [-0.25, -0.2) is 0 Å². The number of hydrogen-bond acceptors (Lipinski definition) is 6. The number of aromatic nitrogens is 3. The normalized spacial score (nSPS) is 11.9. The summed E-state index contributed by atoms with van der Waals surface area (Å²) < 4.78 is 1.50. The van der Waals surface area contributed by atoms with E-state index in [1.54, 1.807) is 30.3 Å². The van der Waals surface area contributed by atoms with Gasteiger partial charge in [0.1, 0.15) is 11.4 Å². The van der Waals surface area contributed by atoms with Crippen molar-refractivity contribution in [2.45, 2.75) is 6.42 Å². The molecule has 7 heteroatoms. The first kappa shape index (κ1) is 16.2. The van der Waals surface area contributed by atoms with E-state index in [1.165, 1.54) is 0 Å². The number of thiazole rings is 1. The molecule has 4 rings (SSSR count). The molecule has 128 valence electrons. The van der Waals surface area contributed by atoms with Crippen molar-refractivity contribution in [3.05, 3.63) is 96.7 Å². The molecule has 2 aromatic carbocycles. The maximum absolute atomic E-state index is 12.6. The molecule has 0 fully saturated rings. The maximum Gasteiger partial charge on any atom is 0.296 e. The van der Waals surface area contributed by atoms with Gasteiger partial charge in [-0.15, -0.1) is 0 Å². The van der Waals surface area contributed by atoms with Gasteiger partial charge in [0, 0.05) is 12.0 Å². The van der Waals surface area contributed by atoms with Gasteiger partial charge < -0.3 is 5.11 Å². The zero-order chi connectivity index (χ0) is 18.1. The highest BCUT2D eigenvalue weighted by Crippen LogP contribution is 2.16. The first-order valence-corrected chi connectivity index (χ1v) is 8.70. The summed E-state index contributed by atoms with van der Waals surface area (Å²) in [4.78, 5) is 29.1. The first-order chi connectivity index (χ1) is 12.6. The van der Waals surface area contributed by atoms with Gasteiger partial charge in [0.2, 0.25) is 4.96 Å². The summed E-state index contributed by atoms with van der Waals surface area (Å²) in [5.74, 6) is 0.0737. The predicted molar refractivity (Wildman–Crippen MR) is 99.5 cm³/mol. The van der Waals surface area contributed by atoms with Crippen LogP contribution in [0.3, 0.4) is 0 Å². The van der Waals surface area contributed by atoms with E-state index in [1.807, 2.05) is 30.3 Å². The Morgan fingerprint density at radius 3 is 2.54 bits per heavy atom. The average molecular weight is 363 g/mol. The molecular weight excluding hydrogens is 350 g/mol. The van der Waals surface area contributed by atoms with Crippen LogP contribution in [0.1, 0.15) is 16.8 Å². The second-order valence-corrected chi connectivity index (χ2v) is 6.70. The van der Waals surface area contributed by atoms with Gasteiger partial charge in [0.15, 0.2) is 0 Å². The van der Waals surface area contributed by atoms with E-state index >= 15 is 0 Å². The summed E-state index contributed by atoms with van der Waals surface area (Å²) in [6.07, 6.45) is 1.88. The van der Waals surface area contributed by atoms with Crippen LogP contribution in [0.25, 0.3) is 11.0 Å².